The number of hydrazine groups is 1. The molecule has 0 radical (unpaired) electrons. The van der Waals surface area contributed by atoms with Crippen LogP contribution in [0, 0.1) is 0 Å². The van der Waals surface area contributed by atoms with Crippen molar-refractivity contribution in [2.24, 2.45) is 0 Å². The minimum atomic E-state index is -4.43. The molecular weight excluding hydrogens is 397 g/mol. The fourth-order valence-corrected chi connectivity index (χ4v) is 4.02. The van der Waals surface area contributed by atoms with Gasteiger partial charge in [-0.1, -0.05) is 18.9 Å². The third kappa shape index (κ3) is 3.61. The molecule has 30 heavy (non-hydrogen) atoms. The fraction of sp³-hybridized carbons (Fsp3) is 0.450. The molecule has 1 aromatic carbocycles. The van der Waals surface area contributed by atoms with Crippen LogP contribution >= 0.6 is 0 Å². The van der Waals surface area contributed by atoms with Gasteiger partial charge >= 0.3 is 12.2 Å². The first-order chi connectivity index (χ1) is 14.3. The molecule has 0 spiro atoms. The molecular formula is C20H23F3N6O. The van der Waals surface area contributed by atoms with Crippen LogP contribution in [0.15, 0.2) is 30.5 Å². The van der Waals surface area contributed by atoms with E-state index in [1.54, 1.807) is 12.1 Å². The van der Waals surface area contributed by atoms with Gasteiger partial charge in [-0.2, -0.15) is 18.2 Å². The van der Waals surface area contributed by atoms with E-state index in [0.717, 1.165) is 37.8 Å². The van der Waals surface area contributed by atoms with Crippen molar-refractivity contribution in [3.05, 3.63) is 36.0 Å². The van der Waals surface area contributed by atoms with Gasteiger partial charge in [0, 0.05) is 19.3 Å². The first-order valence-electron chi connectivity index (χ1n) is 9.95. The average Bonchev–Trinajstić information content (AvgIpc) is 3.24. The van der Waals surface area contributed by atoms with E-state index in [0.29, 0.717) is 18.1 Å². The molecule has 0 atom stereocenters. The lowest BCUT2D eigenvalue weighted by atomic mass is 10.2. The number of nitrogens with one attached hydrogen (secondary N) is 1. The number of carbonyl (C=O) groups is 1. The first-order valence-corrected chi connectivity index (χ1v) is 9.95. The van der Waals surface area contributed by atoms with Crippen LogP contribution in [0.25, 0.3) is 0 Å². The molecule has 2 amide bonds. The number of anilines is 4. The smallest absolute Gasteiger partial charge is 0.324 e. The van der Waals surface area contributed by atoms with E-state index in [-0.39, 0.29) is 23.7 Å². The van der Waals surface area contributed by atoms with Crippen molar-refractivity contribution in [2.75, 3.05) is 28.8 Å². The number of hydrogen-bond acceptors (Lipinski definition) is 5. The molecule has 1 aliphatic heterocycles. The van der Waals surface area contributed by atoms with Crippen LogP contribution in [0.2, 0.25) is 0 Å². The lowest BCUT2D eigenvalue weighted by Crippen LogP contribution is -2.59. The van der Waals surface area contributed by atoms with Gasteiger partial charge in [-0.05, 0) is 38.0 Å². The molecule has 160 valence electrons. The maximum atomic E-state index is 13.0. The van der Waals surface area contributed by atoms with Crippen molar-refractivity contribution in [1.82, 2.24) is 15.0 Å². The Morgan fingerprint density at radius 3 is 2.63 bits per heavy atom. The van der Waals surface area contributed by atoms with E-state index in [1.165, 1.54) is 23.2 Å². The van der Waals surface area contributed by atoms with Crippen molar-refractivity contribution in [1.29, 1.82) is 0 Å². The van der Waals surface area contributed by atoms with E-state index >= 15 is 0 Å². The summed E-state index contributed by atoms with van der Waals surface area (Å²) in [6.07, 6.45) is 1.17. The standard InChI is InChI=1S/C20H23F3N6O/c1-3-28-19(30)27(2)16-12-24-18(26-17(16)29(28)15-9-4-5-10-15)25-14-8-6-7-13(11-14)20(21,22)23/h6-8,11-12,15H,3-5,9-10H2,1-2H3,(H,24,25,26). The van der Waals surface area contributed by atoms with Gasteiger partial charge in [0.15, 0.2) is 5.82 Å². The van der Waals surface area contributed by atoms with E-state index in [4.69, 9.17) is 0 Å². The molecule has 1 fully saturated rings. The normalized spacial score (nSPS) is 17.5. The van der Waals surface area contributed by atoms with Crippen molar-refractivity contribution in [2.45, 2.75) is 44.8 Å². The third-order valence-electron chi connectivity index (χ3n) is 5.51. The molecule has 1 saturated carbocycles. The quantitative estimate of drug-likeness (QED) is 0.770. The Kier molecular flexibility index (Phi) is 5.17. The maximum Gasteiger partial charge on any atom is 0.416 e. The number of hydrogen-bond donors (Lipinski definition) is 1. The number of aromatic nitrogens is 2. The van der Waals surface area contributed by atoms with Gasteiger partial charge in [-0.15, -0.1) is 0 Å². The van der Waals surface area contributed by atoms with Crippen LogP contribution in [0.5, 0.6) is 0 Å². The average molecular weight is 420 g/mol. The van der Waals surface area contributed by atoms with Crippen molar-refractivity contribution in [3.8, 4) is 0 Å². The van der Waals surface area contributed by atoms with Gasteiger partial charge in [0.2, 0.25) is 5.95 Å². The molecule has 0 bridgehead atoms. The Hall–Kier alpha value is -3.04. The summed E-state index contributed by atoms with van der Waals surface area (Å²) in [4.78, 5) is 23.2. The lowest BCUT2D eigenvalue weighted by Gasteiger charge is -2.45. The summed E-state index contributed by atoms with van der Waals surface area (Å²) in [5, 5.41) is 6.47. The zero-order valence-corrected chi connectivity index (χ0v) is 16.8. The lowest BCUT2D eigenvalue weighted by molar-refractivity contribution is -0.137. The molecule has 10 heteroatoms. The molecule has 1 aromatic heterocycles. The number of benzene rings is 1. The highest BCUT2D eigenvalue weighted by atomic mass is 19.4. The predicted molar refractivity (Wildman–Crippen MR) is 108 cm³/mol. The van der Waals surface area contributed by atoms with Crippen LogP contribution in [-0.2, 0) is 6.18 Å². The van der Waals surface area contributed by atoms with Crippen molar-refractivity contribution >= 4 is 29.2 Å². The summed E-state index contributed by atoms with van der Waals surface area (Å²) in [5.41, 5.74) is 0.0662. The van der Waals surface area contributed by atoms with E-state index < -0.39 is 11.7 Å². The SMILES string of the molecule is CCN1C(=O)N(C)c2cnc(Nc3cccc(C(F)(F)F)c3)nc2N1C1CCCC1. The van der Waals surface area contributed by atoms with Gasteiger partial charge < -0.3 is 5.32 Å². The second-order valence-corrected chi connectivity index (χ2v) is 7.45. The van der Waals surface area contributed by atoms with Crippen LogP contribution in [0.3, 0.4) is 0 Å². The monoisotopic (exact) mass is 420 g/mol. The summed E-state index contributed by atoms with van der Waals surface area (Å²) in [5.74, 6) is 0.755. The number of carbonyl (C=O) groups excluding carboxylic acids is 1. The van der Waals surface area contributed by atoms with Gasteiger partial charge in [-0.25, -0.2) is 14.8 Å². The molecule has 1 aliphatic carbocycles. The predicted octanol–water partition coefficient (Wildman–Crippen LogP) is 4.79. The number of nitrogens with zero attached hydrogens (tertiary/aromatic N) is 5. The van der Waals surface area contributed by atoms with Gasteiger partial charge in [0.1, 0.15) is 5.69 Å². The minimum Gasteiger partial charge on any atom is -0.324 e. The van der Waals surface area contributed by atoms with E-state index in [9.17, 15) is 18.0 Å². The Balaban J connectivity index is 1.71. The highest BCUT2D eigenvalue weighted by molar-refractivity contribution is 5.98. The third-order valence-corrected chi connectivity index (χ3v) is 5.51. The van der Waals surface area contributed by atoms with Gasteiger partial charge in [0.05, 0.1) is 17.8 Å². The van der Waals surface area contributed by atoms with Crippen LogP contribution in [-0.4, -0.2) is 40.6 Å². The van der Waals surface area contributed by atoms with E-state index in [2.05, 4.69) is 15.3 Å². The highest BCUT2D eigenvalue weighted by Crippen LogP contribution is 2.39. The summed E-state index contributed by atoms with van der Waals surface area (Å²) in [6, 6.07) is 4.89. The molecule has 4 rings (SSSR count). The zero-order valence-electron chi connectivity index (χ0n) is 16.8. The number of urea groups is 1. The molecule has 0 saturated heterocycles. The van der Waals surface area contributed by atoms with Crippen molar-refractivity contribution < 1.29 is 18.0 Å². The summed E-state index contributed by atoms with van der Waals surface area (Å²) in [7, 11) is 1.67. The summed E-state index contributed by atoms with van der Waals surface area (Å²) in [6.45, 7) is 2.39. The Labute approximate surface area is 172 Å². The van der Waals surface area contributed by atoms with Gasteiger partial charge in [0.25, 0.3) is 0 Å². The largest absolute Gasteiger partial charge is 0.416 e. The molecule has 1 N–H and O–H groups in total. The summed E-state index contributed by atoms with van der Waals surface area (Å²) >= 11 is 0. The Morgan fingerprint density at radius 2 is 1.97 bits per heavy atom. The summed E-state index contributed by atoms with van der Waals surface area (Å²) < 4.78 is 39.0. The number of alkyl halides is 3. The molecule has 7 nitrogen and oxygen atoms in total. The van der Waals surface area contributed by atoms with Crippen LogP contribution in [0.4, 0.5) is 41.1 Å². The Bertz CT molecular complexity index is 944. The number of fused-ring (bicyclic) bond motifs is 1. The zero-order chi connectivity index (χ0) is 21.5. The fourth-order valence-electron chi connectivity index (χ4n) is 4.02. The molecule has 2 heterocycles. The number of amides is 2. The molecule has 2 aromatic rings. The highest BCUT2D eigenvalue weighted by Gasteiger charge is 2.39. The van der Waals surface area contributed by atoms with Crippen molar-refractivity contribution in [3.63, 3.8) is 0 Å². The van der Waals surface area contributed by atoms with E-state index in [1.807, 2.05) is 11.9 Å². The van der Waals surface area contributed by atoms with Crippen LogP contribution in [0.1, 0.15) is 38.2 Å². The second kappa shape index (κ2) is 7.66. The minimum absolute atomic E-state index is 0.151. The maximum absolute atomic E-state index is 13.0. The van der Waals surface area contributed by atoms with Gasteiger partial charge in [-0.3, -0.25) is 9.91 Å². The topological polar surface area (TPSA) is 64.6 Å². The molecule has 0 unspecified atom stereocenters. The number of halogens is 3. The van der Waals surface area contributed by atoms with Crippen LogP contribution < -0.4 is 15.2 Å². The molecule has 2 aliphatic rings. The number of rotatable bonds is 4. The first kappa shape index (κ1) is 20.2. The Morgan fingerprint density at radius 1 is 1.23 bits per heavy atom. The second-order valence-electron chi connectivity index (χ2n) is 7.45.